The van der Waals surface area contributed by atoms with Gasteiger partial charge in [0.25, 0.3) is 0 Å². The van der Waals surface area contributed by atoms with Gasteiger partial charge in [-0.05, 0) is 18.4 Å². The number of aliphatic hydroxyl groups is 1. The number of nitrogens with zero attached hydrogens (tertiary/aromatic N) is 1. The fourth-order valence-electron chi connectivity index (χ4n) is 2.30. The zero-order valence-electron chi connectivity index (χ0n) is 10.5. The Hall–Kier alpha value is -1.88. The Morgan fingerprint density at radius 3 is 2.68 bits per heavy atom. The standard InChI is InChI=1S/C14H17N2O3/c15-14(19)13-11(17)8-9-16(13)12(18)7-6-10-4-2-1-3-5-10/h1-5,7,11,13,17H,6,8-9H2,(H2,15,19)/t11-,13?/m1/s1. The largest absolute Gasteiger partial charge is 0.390 e. The first-order chi connectivity index (χ1) is 9.09. The van der Waals surface area contributed by atoms with Gasteiger partial charge in [0.15, 0.2) is 0 Å². The summed E-state index contributed by atoms with van der Waals surface area (Å²) in [6.07, 6.45) is 1.55. The van der Waals surface area contributed by atoms with Crippen LogP contribution in [0.2, 0.25) is 0 Å². The van der Waals surface area contributed by atoms with Gasteiger partial charge in [-0.2, -0.15) is 0 Å². The molecule has 5 heteroatoms. The lowest BCUT2D eigenvalue weighted by Gasteiger charge is -2.23. The van der Waals surface area contributed by atoms with E-state index in [9.17, 15) is 14.7 Å². The van der Waals surface area contributed by atoms with Crippen LogP contribution in [0.3, 0.4) is 0 Å². The minimum Gasteiger partial charge on any atom is -0.390 e. The summed E-state index contributed by atoms with van der Waals surface area (Å²) in [6.45, 7) is 0.360. The van der Waals surface area contributed by atoms with Gasteiger partial charge in [0.05, 0.1) is 12.5 Å². The van der Waals surface area contributed by atoms with Gasteiger partial charge in [0.2, 0.25) is 11.8 Å². The number of likely N-dealkylation sites (tertiary alicyclic amines) is 1. The number of aliphatic hydroxyl groups excluding tert-OH is 1. The predicted molar refractivity (Wildman–Crippen MR) is 69.8 cm³/mol. The molecule has 2 amide bonds. The summed E-state index contributed by atoms with van der Waals surface area (Å²) in [5.41, 5.74) is 6.24. The van der Waals surface area contributed by atoms with Crippen molar-refractivity contribution in [1.29, 1.82) is 0 Å². The van der Waals surface area contributed by atoms with Crippen LogP contribution in [0, 0.1) is 6.42 Å². The Morgan fingerprint density at radius 1 is 1.37 bits per heavy atom. The summed E-state index contributed by atoms with van der Waals surface area (Å²) in [5.74, 6) is -0.921. The van der Waals surface area contributed by atoms with Gasteiger partial charge in [0.1, 0.15) is 6.04 Å². The van der Waals surface area contributed by atoms with Gasteiger partial charge < -0.3 is 15.7 Å². The SMILES string of the molecule is NC(=O)C1[C@H](O)CCN1C(=O)[CH]Cc1ccccc1. The Morgan fingerprint density at radius 2 is 2.05 bits per heavy atom. The summed E-state index contributed by atoms with van der Waals surface area (Å²) in [5, 5.41) is 9.66. The van der Waals surface area contributed by atoms with E-state index in [2.05, 4.69) is 0 Å². The highest BCUT2D eigenvalue weighted by atomic mass is 16.3. The number of primary amides is 1. The lowest BCUT2D eigenvalue weighted by atomic mass is 10.1. The Balaban J connectivity index is 1.95. The fourth-order valence-corrected chi connectivity index (χ4v) is 2.30. The molecule has 0 bridgehead atoms. The van der Waals surface area contributed by atoms with Crippen LogP contribution in [-0.4, -0.2) is 40.5 Å². The number of rotatable bonds is 4. The molecule has 0 spiro atoms. The maximum absolute atomic E-state index is 12.0. The van der Waals surface area contributed by atoms with Gasteiger partial charge in [-0.25, -0.2) is 0 Å². The number of benzene rings is 1. The number of hydrogen-bond donors (Lipinski definition) is 2. The van der Waals surface area contributed by atoms with Crippen molar-refractivity contribution in [3.05, 3.63) is 42.3 Å². The van der Waals surface area contributed by atoms with E-state index in [0.29, 0.717) is 19.4 Å². The molecule has 1 aliphatic rings. The van der Waals surface area contributed by atoms with E-state index >= 15 is 0 Å². The number of carbonyl (C=O) groups is 2. The minimum atomic E-state index is -0.903. The highest BCUT2D eigenvalue weighted by molar-refractivity contribution is 5.91. The third-order valence-corrected chi connectivity index (χ3v) is 3.30. The summed E-state index contributed by atoms with van der Waals surface area (Å²) in [4.78, 5) is 24.6. The van der Waals surface area contributed by atoms with Gasteiger partial charge in [-0.1, -0.05) is 30.3 Å². The molecule has 1 fully saturated rings. The highest BCUT2D eigenvalue weighted by Crippen LogP contribution is 2.19. The smallest absolute Gasteiger partial charge is 0.242 e. The molecule has 1 aromatic carbocycles. The van der Waals surface area contributed by atoms with Crippen LogP contribution in [0.15, 0.2) is 30.3 Å². The maximum Gasteiger partial charge on any atom is 0.242 e. The molecule has 0 aromatic heterocycles. The first-order valence-electron chi connectivity index (χ1n) is 6.24. The number of carbonyl (C=O) groups excluding carboxylic acids is 2. The van der Waals surface area contributed by atoms with E-state index < -0.39 is 18.1 Å². The normalized spacial score (nSPS) is 22.5. The Bertz CT molecular complexity index is 461. The van der Waals surface area contributed by atoms with Crippen molar-refractivity contribution in [2.75, 3.05) is 6.54 Å². The molecular weight excluding hydrogens is 244 g/mol. The molecule has 1 radical (unpaired) electrons. The van der Waals surface area contributed by atoms with Crippen molar-refractivity contribution >= 4 is 11.8 Å². The van der Waals surface area contributed by atoms with Gasteiger partial charge in [-0.15, -0.1) is 0 Å². The molecule has 2 rings (SSSR count). The molecule has 1 aliphatic heterocycles. The van der Waals surface area contributed by atoms with Gasteiger partial charge in [0, 0.05) is 6.54 Å². The van der Waals surface area contributed by atoms with Crippen molar-refractivity contribution in [1.82, 2.24) is 4.90 Å². The minimum absolute atomic E-state index is 0.260. The summed E-state index contributed by atoms with van der Waals surface area (Å²) in [7, 11) is 0. The lowest BCUT2D eigenvalue weighted by Crippen LogP contribution is -2.48. The second-order valence-corrected chi connectivity index (χ2v) is 4.63. The van der Waals surface area contributed by atoms with E-state index in [-0.39, 0.29) is 5.91 Å². The molecule has 1 heterocycles. The summed E-state index contributed by atoms with van der Waals surface area (Å²) >= 11 is 0. The first-order valence-corrected chi connectivity index (χ1v) is 6.24. The second kappa shape index (κ2) is 5.84. The maximum atomic E-state index is 12.0. The Kier molecular flexibility index (Phi) is 4.16. The van der Waals surface area contributed by atoms with E-state index in [1.807, 2.05) is 30.3 Å². The van der Waals surface area contributed by atoms with Crippen molar-refractivity contribution in [2.45, 2.75) is 25.0 Å². The molecule has 0 saturated carbocycles. The van der Waals surface area contributed by atoms with Crippen LogP contribution in [0.4, 0.5) is 0 Å². The molecule has 1 saturated heterocycles. The number of amides is 2. The van der Waals surface area contributed by atoms with Gasteiger partial charge >= 0.3 is 0 Å². The topological polar surface area (TPSA) is 83.6 Å². The van der Waals surface area contributed by atoms with Crippen LogP contribution in [0.25, 0.3) is 0 Å². The molecule has 101 valence electrons. The molecule has 19 heavy (non-hydrogen) atoms. The van der Waals surface area contributed by atoms with Crippen LogP contribution in [-0.2, 0) is 16.0 Å². The summed E-state index contributed by atoms with van der Waals surface area (Å²) in [6, 6.07) is 8.66. The molecule has 3 N–H and O–H groups in total. The monoisotopic (exact) mass is 261 g/mol. The lowest BCUT2D eigenvalue weighted by molar-refractivity contribution is -0.136. The average molecular weight is 261 g/mol. The summed E-state index contributed by atoms with van der Waals surface area (Å²) < 4.78 is 0. The van der Waals surface area contributed by atoms with Gasteiger partial charge in [-0.3, -0.25) is 9.59 Å². The highest BCUT2D eigenvalue weighted by Gasteiger charge is 2.39. The van der Waals surface area contributed by atoms with E-state index in [1.165, 1.54) is 11.3 Å². The molecule has 1 unspecified atom stereocenters. The van der Waals surface area contributed by atoms with Crippen molar-refractivity contribution in [3.63, 3.8) is 0 Å². The van der Waals surface area contributed by atoms with Crippen LogP contribution in [0.1, 0.15) is 12.0 Å². The zero-order valence-corrected chi connectivity index (χ0v) is 10.5. The quantitative estimate of drug-likeness (QED) is 0.792. The molecule has 0 aliphatic carbocycles. The van der Waals surface area contributed by atoms with E-state index in [4.69, 9.17) is 5.73 Å². The fraction of sp³-hybridized carbons (Fsp3) is 0.357. The van der Waals surface area contributed by atoms with Crippen molar-refractivity contribution in [2.24, 2.45) is 5.73 Å². The van der Waals surface area contributed by atoms with Crippen molar-refractivity contribution in [3.8, 4) is 0 Å². The molecule has 2 atom stereocenters. The molecule has 5 nitrogen and oxygen atoms in total. The van der Waals surface area contributed by atoms with E-state index in [0.717, 1.165) is 5.56 Å². The number of nitrogens with two attached hydrogens (primary N) is 1. The zero-order chi connectivity index (χ0) is 13.8. The van der Waals surface area contributed by atoms with E-state index in [1.54, 1.807) is 0 Å². The number of hydrogen-bond acceptors (Lipinski definition) is 3. The second-order valence-electron chi connectivity index (χ2n) is 4.63. The predicted octanol–water partition coefficient (Wildman–Crippen LogP) is -0.120. The average Bonchev–Trinajstić information content (AvgIpc) is 2.79. The van der Waals surface area contributed by atoms with Crippen LogP contribution in [0.5, 0.6) is 0 Å². The van der Waals surface area contributed by atoms with Crippen LogP contribution >= 0.6 is 0 Å². The third kappa shape index (κ3) is 3.12. The first kappa shape index (κ1) is 13.5. The third-order valence-electron chi connectivity index (χ3n) is 3.30. The van der Waals surface area contributed by atoms with Crippen molar-refractivity contribution < 1.29 is 14.7 Å². The molecule has 1 aromatic rings. The van der Waals surface area contributed by atoms with Crippen LogP contribution < -0.4 is 5.73 Å². The Labute approximate surface area is 112 Å². The molecular formula is C14H17N2O3.